The maximum atomic E-state index is 6.27. The predicted octanol–water partition coefficient (Wildman–Crippen LogP) is 10.3. The van der Waals surface area contributed by atoms with Gasteiger partial charge in [-0.1, -0.05) is 123 Å². The normalized spacial score (nSPS) is 11.8. The molecule has 0 unspecified atom stereocenters. The van der Waals surface area contributed by atoms with Crippen LogP contribution in [0, 0.1) is 6.92 Å². The second-order valence-corrected chi connectivity index (χ2v) is 11.8. The molecule has 0 saturated carbocycles. The van der Waals surface area contributed by atoms with Gasteiger partial charge in [0.25, 0.3) is 0 Å². The molecule has 5 aromatic rings. The van der Waals surface area contributed by atoms with E-state index in [1.54, 1.807) is 0 Å². The van der Waals surface area contributed by atoms with Crippen LogP contribution in [0.5, 0.6) is 21.6 Å². The van der Waals surface area contributed by atoms with E-state index in [1.807, 2.05) is 24.3 Å². The van der Waals surface area contributed by atoms with Gasteiger partial charge in [0.15, 0.2) is 10.1 Å². The van der Waals surface area contributed by atoms with E-state index in [0.717, 1.165) is 21.6 Å². The first-order chi connectivity index (χ1) is 18.2. The number of ether oxygens (including phenoxy) is 2. The fraction of sp³-hybridized carbons (Fsp3) is 0.200. The van der Waals surface area contributed by atoms with Crippen molar-refractivity contribution in [1.82, 2.24) is 0 Å². The molecule has 1 aromatic heterocycles. The first-order valence-electron chi connectivity index (χ1n) is 13.0. The van der Waals surface area contributed by atoms with Gasteiger partial charge in [-0.2, -0.15) is 0 Å². The molecule has 0 aliphatic heterocycles. The van der Waals surface area contributed by atoms with Gasteiger partial charge < -0.3 is 9.47 Å². The molecule has 2 nitrogen and oxygen atoms in total. The van der Waals surface area contributed by atoms with Gasteiger partial charge in [-0.3, -0.25) is 0 Å². The average Bonchev–Trinajstić information content (AvgIpc) is 3.36. The summed E-state index contributed by atoms with van der Waals surface area (Å²) in [6.07, 6.45) is 0. The third-order valence-electron chi connectivity index (χ3n) is 7.34. The first-order valence-corrected chi connectivity index (χ1v) is 13.8. The Morgan fingerprint density at radius 3 is 1.45 bits per heavy atom. The third-order valence-corrected chi connectivity index (χ3v) is 8.18. The number of benzene rings is 4. The van der Waals surface area contributed by atoms with E-state index in [0.29, 0.717) is 0 Å². The van der Waals surface area contributed by atoms with Crippen molar-refractivity contribution in [3.05, 3.63) is 143 Å². The molecule has 0 N–H and O–H groups in total. The summed E-state index contributed by atoms with van der Waals surface area (Å²) in [5, 5.41) is 1.59. The highest BCUT2D eigenvalue weighted by molar-refractivity contribution is 7.15. The topological polar surface area (TPSA) is 18.5 Å². The number of rotatable bonds is 8. The highest BCUT2D eigenvalue weighted by Gasteiger charge is 2.24. The number of hydrogen-bond acceptors (Lipinski definition) is 3. The molecule has 0 atom stereocenters. The van der Waals surface area contributed by atoms with Crippen LogP contribution >= 0.6 is 11.3 Å². The van der Waals surface area contributed by atoms with Crippen molar-refractivity contribution in [1.29, 1.82) is 0 Å². The van der Waals surface area contributed by atoms with Crippen molar-refractivity contribution < 1.29 is 9.47 Å². The third kappa shape index (κ3) is 5.54. The summed E-state index contributed by atoms with van der Waals surface area (Å²) in [5.41, 5.74) is 6.00. The molecule has 0 bridgehead atoms. The molecule has 0 radical (unpaired) electrons. The smallest absolute Gasteiger partial charge is 0.184 e. The van der Waals surface area contributed by atoms with Gasteiger partial charge >= 0.3 is 0 Å². The molecule has 0 aliphatic rings. The minimum absolute atomic E-state index is 0.123. The van der Waals surface area contributed by atoms with Gasteiger partial charge in [-0.15, -0.1) is 0 Å². The molecule has 0 spiro atoms. The maximum absolute atomic E-state index is 6.27. The van der Waals surface area contributed by atoms with E-state index >= 15 is 0 Å². The summed E-state index contributed by atoms with van der Waals surface area (Å²) in [6.45, 7) is 11.1. The van der Waals surface area contributed by atoms with Crippen LogP contribution < -0.4 is 9.47 Å². The molecule has 0 amide bonds. The van der Waals surface area contributed by atoms with Crippen LogP contribution in [0.1, 0.15) is 55.5 Å². The Labute approximate surface area is 230 Å². The van der Waals surface area contributed by atoms with Gasteiger partial charge in [0, 0.05) is 10.8 Å². The van der Waals surface area contributed by atoms with Crippen molar-refractivity contribution in [2.45, 2.75) is 45.4 Å². The Morgan fingerprint density at radius 1 is 0.474 bits per heavy atom. The molecular weight excluding hydrogens is 484 g/mol. The van der Waals surface area contributed by atoms with Crippen LogP contribution in [0.2, 0.25) is 0 Å². The Morgan fingerprint density at radius 2 is 0.921 bits per heavy atom. The largest absolute Gasteiger partial charge is 0.447 e. The molecule has 0 aliphatic carbocycles. The zero-order valence-electron chi connectivity index (χ0n) is 22.7. The Hall–Kier alpha value is -3.82. The average molecular weight is 519 g/mol. The summed E-state index contributed by atoms with van der Waals surface area (Å²) < 4.78 is 12.5. The minimum atomic E-state index is -0.131. The van der Waals surface area contributed by atoms with Crippen LogP contribution in [0.15, 0.2) is 115 Å². The second kappa shape index (κ2) is 10.5. The Kier molecular flexibility index (Phi) is 7.14. The van der Waals surface area contributed by atoms with Crippen LogP contribution in [-0.4, -0.2) is 0 Å². The summed E-state index contributed by atoms with van der Waals surface area (Å²) in [4.78, 5) is 0. The van der Waals surface area contributed by atoms with E-state index in [9.17, 15) is 0 Å². The second-order valence-electron chi connectivity index (χ2n) is 10.8. The van der Waals surface area contributed by atoms with Crippen molar-refractivity contribution in [3.63, 3.8) is 0 Å². The van der Waals surface area contributed by atoms with Gasteiger partial charge in [-0.05, 0) is 65.6 Å². The predicted molar refractivity (Wildman–Crippen MR) is 159 cm³/mol. The quantitative estimate of drug-likeness (QED) is 0.203. The zero-order valence-corrected chi connectivity index (χ0v) is 23.5. The fourth-order valence-corrected chi connectivity index (χ4v) is 5.51. The molecule has 192 valence electrons. The summed E-state index contributed by atoms with van der Waals surface area (Å²) in [6, 6.07) is 39.9. The minimum Gasteiger partial charge on any atom is -0.447 e. The van der Waals surface area contributed by atoms with Crippen molar-refractivity contribution >= 4 is 11.3 Å². The number of thiophene rings is 1. The fourth-order valence-electron chi connectivity index (χ4n) is 4.76. The lowest BCUT2D eigenvalue weighted by Gasteiger charge is -2.27. The SMILES string of the molecule is Cc1cccc(C(C)(C)c2cccc(Oc3ccc(Oc4cccc(C(C)(C)c5ccccc5)c4)s3)c2)c1. The van der Waals surface area contributed by atoms with Crippen molar-refractivity contribution in [2.24, 2.45) is 0 Å². The molecule has 0 fully saturated rings. The number of aryl methyl sites for hydroxylation is 1. The summed E-state index contributed by atoms with van der Waals surface area (Å²) in [7, 11) is 0. The maximum Gasteiger partial charge on any atom is 0.184 e. The van der Waals surface area contributed by atoms with Crippen LogP contribution in [0.4, 0.5) is 0 Å². The van der Waals surface area contributed by atoms with Crippen LogP contribution in [0.25, 0.3) is 0 Å². The lowest BCUT2D eigenvalue weighted by molar-refractivity contribution is 0.490. The molecule has 1 heterocycles. The van der Waals surface area contributed by atoms with Gasteiger partial charge in [-0.25, -0.2) is 0 Å². The van der Waals surface area contributed by atoms with Crippen LogP contribution in [0.3, 0.4) is 0 Å². The molecular formula is C35H34O2S. The zero-order chi connectivity index (χ0) is 26.8. The lowest BCUT2D eigenvalue weighted by atomic mass is 9.78. The van der Waals surface area contributed by atoms with Crippen molar-refractivity contribution in [3.8, 4) is 21.6 Å². The lowest BCUT2D eigenvalue weighted by Crippen LogP contribution is -2.18. The van der Waals surface area contributed by atoms with Gasteiger partial charge in [0.1, 0.15) is 11.5 Å². The van der Waals surface area contributed by atoms with Crippen molar-refractivity contribution in [2.75, 3.05) is 0 Å². The molecule has 4 aromatic carbocycles. The highest BCUT2D eigenvalue weighted by Crippen LogP contribution is 2.40. The molecule has 3 heteroatoms. The van der Waals surface area contributed by atoms with E-state index in [2.05, 4.69) is 126 Å². The monoisotopic (exact) mass is 518 g/mol. The van der Waals surface area contributed by atoms with E-state index in [4.69, 9.17) is 9.47 Å². The molecule has 5 rings (SSSR count). The highest BCUT2D eigenvalue weighted by atomic mass is 32.1. The molecule has 0 saturated heterocycles. The van der Waals surface area contributed by atoms with E-state index in [1.165, 1.54) is 39.2 Å². The standard InChI is InChI=1S/C35H34O2S/c1-25-12-9-15-27(22-25)35(4,5)29-17-11-19-31(24-29)37-33-21-20-32(38-33)36-30-18-10-16-28(23-30)34(2,3)26-13-7-6-8-14-26/h6-24H,1-5H3. The summed E-state index contributed by atoms with van der Waals surface area (Å²) in [5.74, 6) is 1.64. The first kappa shape index (κ1) is 25.8. The van der Waals surface area contributed by atoms with E-state index < -0.39 is 0 Å². The Bertz CT molecular complexity index is 1530. The van der Waals surface area contributed by atoms with Crippen LogP contribution in [-0.2, 0) is 10.8 Å². The van der Waals surface area contributed by atoms with Gasteiger partial charge in [0.05, 0.1) is 0 Å². The van der Waals surface area contributed by atoms with Gasteiger partial charge in [0.2, 0.25) is 0 Å². The summed E-state index contributed by atoms with van der Waals surface area (Å²) >= 11 is 1.50. The van der Waals surface area contributed by atoms with E-state index in [-0.39, 0.29) is 10.8 Å². The molecule has 38 heavy (non-hydrogen) atoms. The number of hydrogen-bond donors (Lipinski definition) is 0. The Balaban J connectivity index is 1.31.